The molecule has 1 fully saturated rings. The van der Waals surface area contributed by atoms with Crippen molar-refractivity contribution < 1.29 is 18.3 Å². The van der Waals surface area contributed by atoms with Gasteiger partial charge in [0.25, 0.3) is 0 Å². The zero-order valence-corrected chi connectivity index (χ0v) is 11.7. The summed E-state index contributed by atoms with van der Waals surface area (Å²) in [6, 6.07) is 7.95. The second-order valence-corrected chi connectivity index (χ2v) is 5.86. The molecule has 1 N–H and O–H groups in total. The quantitative estimate of drug-likeness (QED) is 0.923. The summed E-state index contributed by atoms with van der Waals surface area (Å²) in [6.07, 6.45) is -4.20. The maximum atomic E-state index is 12.8. The molecule has 1 saturated heterocycles. The molecule has 0 saturated carbocycles. The SMILES string of the molecule is Cc1cccc(CN2CCC(C(C)(O)C(F)(F)F)C2)c1. The van der Waals surface area contributed by atoms with E-state index >= 15 is 0 Å². The molecule has 1 aliphatic rings. The van der Waals surface area contributed by atoms with Gasteiger partial charge in [-0.3, -0.25) is 4.90 Å². The Bertz CT molecular complexity index is 470. The van der Waals surface area contributed by atoms with E-state index in [4.69, 9.17) is 0 Å². The van der Waals surface area contributed by atoms with Gasteiger partial charge in [-0.25, -0.2) is 0 Å². The van der Waals surface area contributed by atoms with E-state index in [0.29, 0.717) is 19.5 Å². The predicted octanol–water partition coefficient (Wildman–Crippen LogP) is 3.13. The van der Waals surface area contributed by atoms with E-state index in [2.05, 4.69) is 0 Å². The normalized spacial score (nSPS) is 23.8. The Hall–Kier alpha value is -1.07. The lowest BCUT2D eigenvalue weighted by molar-refractivity contribution is -0.270. The monoisotopic (exact) mass is 287 g/mol. The van der Waals surface area contributed by atoms with E-state index < -0.39 is 17.7 Å². The van der Waals surface area contributed by atoms with E-state index in [0.717, 1.165) is 18.1 Å². The van der Waals surface area contributed by atoms with Gasteiger partial charge in [0, 0.05) is 19.0 Å². The van der Waals surface area contributed by atoms with Gasteiger partial charge in [-0.05, 0) is 32.4 Å². The molecule has 112 valence electrons. The lowest BCUT2D eigenvalue weighted by atomic mass is 9.88. The number of aliphatic hydroxyl groups is 1. The molecule has 2 nitrogen and oxygen atoms in total. The third-order valence-corrected chi connectivity index (χ3v) is 4.13. The van der Waals surface area contributed by atoms with Crippen molar-refractivity contribution in [2.45, 2.75) is 38.6 Å². The van der Waals surface area contributed by atoms with Crippen molar-refractivity contribution >= 4 is 0 Å². The van der Waals surface area contributed by atoms with E-state index in [1.807, 2.05) is 36.1 Å². The Kier molecular flexibility index (Phi) is 4.12. The average molecular weight is 287 g/mol. The van der Waals surface area contributed by atoms with Crippen molar-refractivity contribution in [2.24, 2.45) is 5.92 Å². The zero-order chi connectivity index (χ0) is 15.0. The smallest absolute Gasteiger partial charge is 0.380 e. The molecule has 0 amide bonds. The Balaban J connectivity index is 1.99. The standard InChI is InChI=1S/C15H20F3NO/c1-11-4-3-5-12(8-11)9-19-7-6-13(10-19)14(2,20)15(16,17)18/h3-5,8,13,20H,6-7,9-10H2,1-2H3. The fourth-order valence-corrected chi connectivity index (χ4v) is 2.74. The number of hydrogen-bond acceptors (Lipinski definition) is 2. The predicted molar refractivity (Wildman–Crippen MR) is 71.2 cm³/mol. The van der Waals surface area contributed by atoms with Gasteiger partial charge in [0.05, 0.1) is 0 Å². The second kappa shape index (κ2) is 5.37. The van der Waals surface area contributed by atoms with Crippen LogP contribution in [-0.2, 0) is 6.54 Å². The van der Waals surface area contributed by atoms with Gasteiger partial charge in [-0.2, -0.15) is 13.2 Å². The number of aryl methyl sites for hydroxylation is 1. The van der Waals surface area contributed by atoms with Crippen LogP contribution in [0.2, 0.25) is 0 Å². The molecular weight excluding hydrogens is 267 g/mol. The summed E-state index contributed by atoms with van der Waals surface area (Å²) in [4.78, 5) is 1.97. The number of rotatable bonds is 3. The minimum absolute atomic E-state index is 0.278. The van der Waals surface area contributed by atoms with Gasteiger partial charge in [0.15, 0.2) is 5.60 Å². The topological polar surface area (TPSA) is 23.5 Å². The summed E-state index contributed by atoms with van der Waals surface area (Å²) >= 11 is 0. The molecule has 1 aromatic rings. The molecule has 2 rings (SSSR count). The number of benzene rings is 1. The number of likely N-dealkylation sites (tertiary alicyclic amines) is 1. The van der Waals surface area contributed by atoms with Crippen LogP contribution < -0.4 is 0 Å². The summed E-state index contributed by atoms with van der Waals surface area (Å²) in [5.41, 5.74) is -0.369. The van der Waals surface area contributed by atoms with Crippen LogP contribution >= 0.6 is 0 Å². The highest BCUT2D eigenvalue weighted by molar-refractivity contribution is 5.22. The first-order valence-electron chi connectivity index (χ1n) is 6.77. The maximum Gasteiger partial charge on any atom is 0.417 e. The molecule has 2 atom stereocenters. The van der Waals surface area contributed by atoms with Gasteiger partial charge in [-0.1, -0.05) is 29.8 Å². The summed E-state index contributed by atoms with van der Waals surface area (Å²) in [5, 5.41) is 9.73. The summed E-state index contributed by atoms with van der Waals surface area (Å²) in [5.74, 6) is -0.757. The van der Waals surface area contributed by atoms with Crippen molar-refractivity contribution in [1.82, 2.24) is 4.90 Å². The highest BCUT2D eigenvalue weighted by Gasteiger charge is 2.55. The van der Waals surface area contributed by atoms with Crippen LogP contribution in [0.25, 0.3) is 0 Å². The van der Waals surface area contributed by atoms with Crippen LogP contribution in [0.3, 0.4) is 0 Å². The molecule has 0 aliphatic carbocycles. The Morgan fingerprint density at radius 3 is 2.65 bits per heavy atom. The second-order valence-electron chi connectivity index (χ2n) is 5.86. The molecule has 0 spiro atoms. The van der Waals surface area contributed by atoms with E-state index in [9.17, 15) is 18.3 Å². The third-order valence-electron chi connectivity index (χ3n) is 4.13. The minimum atomic E-state index is -4.57. The van der Waals surface area contributed by atoms with Crippen LogP contribution in [0.5, 0.6) is 0 Å². The zero-order valence-electron chi connectivity index (χ0n) is 11.7. The van der Waals surface area contributed by atoms with Crippen LogP contribution in [0.1, 0.15) is 24.5 Å². The van der Waals surface area contributed by atoms with Crippen molar-refractivity contribution in [2.75, 3.05) is 13.1 Å². The van der Waals surface area contributed by atoms with Gasteiger partial charge in [-0.15, -0.1) is 0 Å². The van der Waals surface area contributed by atoms with Gasteiger partial charge < -0.3 is 5.11 Å². The van der Waals surface area contributed by atoms with Crippen LogP contribution in [0, 0.1) is 12.8 Å². The van der Waals surface area contributed by atoms with Crippen molar-refractivity contribution in [3.8, 4) is 0 Å². The van der Waals surface area contributed by atoms with Crippen molar-refractivity contribution in [3.05, 3.63) is 35.4 Å². The summed E-state index contributed by atoms with van der Waals surface area (Å²) in [6.45, 7) is 4.37. The van der Waals surface area contributed by atoms with Crippen LogP contribution in [0.4, 0.5) is 13.2 Å². The van der Waals surface area contributed by atoms with Crippen molar-refractivity contribution in [1.29, 1.82) is 0 Å². The highest BCUT2D eigenvalue weighted by atomic mass is 19.4. The van der Waals surface area contributed by atoms with Gasteiger partial charge >= 0.3 is 6.18 Å². The highest BCUT2D eigenvalue weighted by Crippen LogP contribution is 2.40. The molecule has 0 radical (unpaired) electrons. The first-order chi connectivity index (χ1) is 9.20. The number of hydrogen-bond donors (Lipinski definition) is 1. The summed E-state index contributed by atoms with van der Waals surface area (Å²) in [7, 11) is 0. The first-order valence-corrected chi connectivity index (χ1v) is 6.77. The largest absolute Gasteiger partial charge is 0.417 e. The fraction of sp³-hybridized carbons (Fsp3) is 0.600. The average Bonchev–Trinajstić information content (AvgIpc) is 2.76. The van der Waals surface area contributed by atoms with E-state index in [1.165, 1.54) is 0 Å². The molecule has 20 heavy (non-hydrogen) atoms. The van der Waals surface area contributed by atoms with E-state index in [1.54, 1.807) is 0 Å². The summed E-state index contributed by atoms with van der Waals surface area (Å²) < 4.78 is 38.5. The minimum Gasteiger partial charge on any atom is -0.380 e. The molecule has 2 unspecified atom stereocenters. The molecule has 0 aromatic heterocycles. The lowest BCUT2D eigenvalue weighted by Gasteiger charge is -2.32. The number of alkyl halides is 3. The van der Waals surface area contributed by atoms with Crippen molar-refractivity contribution in [3.63, 3.8) is 0 Å². The van der Waals surface area contributed by atoms with Crippen LogP contribution in [-0.4, -0.2) is 34.9 Å². The molecular formula is C15H20F3NO. The Labute approximate surface area is 117 Å². The molecule has 1 aromatic carbocycles. The van der Waals surface area contributed by atoms with Gasteiger partial charge in [0.2, 0.25) is 0 Å². The Morgan fingerprint density at radius 1 is 1.35 bits per heavy atom. The molecule has 0 bridgehead atoms. The van der Waals surface area contributed by atoms with Gasteiger partial charge in [0.1, 0.15) is 0 Å². The number of halogens is 3. The lowest BCUT2D eigenvalue weighted by Crippen LogP contribution is -2.49. The Morgan fingerprint density at radius 2 is 2.05 bits per heavy atom. The van der Waals surface area contributed by atoms with Crippen LogP contribution in [0.15, 0.2) is 24.3 Å². The maximum absolute atomic E-state index is 12.8. The molecule has 5 heteroatoms. The fourth-order valence-electron chi connectivity index (χ4n) is 2.74. The first kappa shape index (κ1) is 15.3. The molecule has 1 aliphatic heterocycles. The third kappa shape index (κ3) is 3.15. The number of nitrogens with zero attached hydrogens (tertiary/aromatic N) is 1. The van der Waals surface area contributed by atoms with E-state index in [-0.39, 0.29) is 6.54 Å². The molecule has 1 heterocycles.